The summed E-state index contributed by atoms with van der Waals surface area (Å²) in [5, 5.41) is 3.52. The van der Waals surface area contributed by atoms with Crippen LogP contribution < -0.4 is 10.1 Å². The molecule has 23 heavy (non-hydrogen) atoms. The fourth-order valence-corrected chi connectivity index (χ4v) is 3.32. The molecule has 0 unspecified atom stereocenters. The Labute approximate surface area is 139 Å². The SMILES string of the molecule is COc1ccc(CNCc2ccnc(C3CCCCC3)c2)cc1. The molecule has 0 atom stereocenters. The van der Waals surface area contributed by atoms with Gasteiger partial charge in [-0.25, -0.2) is 0 Å². The van der Waals surface area contributed by atoms with Crippen LogP contribution >= 0.6 is 0 Å². The van der Waals surface area contributed by atoms with Crippen LogP contribution in [0.15, 0.2) is 42.6 Å². The number of ether oxygens (including phenoxy) is 1. The van der Waals surface area contributed by atoms with Crippen molar-refractivity contribution in [2.24, 2.45) is 0 Å². The highest BCUT2D eigenvalue weighted by Gasteiger charge is 2.16. The first-order chi connectivity index (χ1) is 11.3. The lowest BCUT2D eigenvalue weighted by molar-refractivity contribution is 0.414. The Bertz CT molecular complexity index is 603. The zero-order chi connectivity index (χ0) is 15.9. The van der Waals surface area contributed by atoms with Gasteiger partial charge in [0, 0.05) is 30.9 Å². The number of hydrogen-bond acceptors (Lipinski definition) is 3. The molecule has 2 aromatic rings. The summed E-state index contributed by atoms with van der Waals surface area (Å²) in [6, 6.07) is 12.6. The Balaban J connectivity index is 1.53. The van der Waals surface area contributed by atoms with E-state index in [0.717, 1.165) is 18.8 Å². The quantitative estimate of drug-likeness (QED) is 0.857. The normalized spacial score (nSPS) is 15.5. The fraction of sp³-hybridized carbons (Fsp3) is 0.450. The van der Waals surface area contributed by atoms with Crippen molar-refractivity contribution in [3.8, 4) is 5.75 Å². The molecule has 0 radical (unpaired) electrons. The standard InChI is InChI=1S/C20H26N2O/c1-23-19-9-7-16(8-10-19)14-21-15-17-11-12-22-20(13-17)18-5-3-2-4-6-18/h7-13,18,21H,2-6,14-15H2,1H3. The summed E-state index contributed by atoms with van der Waals surface area (Å²) < 4.78 is 5.19. The lowest BCUT2D eigenvalue weighted by Gasteiger charge is -2.21. The van der Waals surface area contributed by atoms with Crippen molar-refractivity contribution in [3.63, 3.8) is 0 Å². The van der Waals surface area contributed by atoms with Crippen molar-refractivity contribution in [3.05, 3.63) is 59.4 Å². The summed E-state index contributed by atoms with van der Waals surface area (Å²) in [6.07, 6.45) is 8.66. The average Bonchev–Trinajstić information content (AvgIpc) is 2.63. The minimum Gasteiger partial charge on any atom is -0.497 e. The molecule has 1 aliphatic rings. The molecular formula is C20H26N2O. The van der Waals surface area contributed by atoms with E-state index in [2.05, 4.69) is 34.6 Å². The molecule has 1 aliphatic carbocycles. The molecule has 3 heteroatoms. The molecule has 0 bridgehead atoms. The molecule has 1 heterocycles. The topological polar surface area (TPSA) is 34.1 Å². The van der Waals surface area contributed by atoms with Crippen LogP contribution in [0.3, 0.4) is 0 Å². The van der Waals surface area contributed by atoms with Gasteiger partial charge in [0.1, 0.15) is 5.75 Å². The van der Waals surface area contributed by atoms with Crippen molar-refractivity contribution >= 4 is 0 Å². The van der Waals surface area contributed by atoms with E-state index in [1.54, 1.807) is 7.11 Å². The van der Waals surface area contributed by atoms with Crippen LogP contribution in [0.25, 0.3) is 0 Å². The van der Waals surface area contributed by atoms with Gasteiger partial charge in [-0.1, -0.05) is 31.4 Å². The van der Waals surface area contributed by atoms with Crippen LogP contribution in [-0.2, 0) is 13.1 Å². The number of benzene rings is 1. The Kier molecular flexibility index (Phi) is 5.65. The predicted octanol–water partition coefficient (Wildman–Crippen LogP) is 4.43. The smallest absolute Gasteiger partial charge is 0.118 e. The highest BCUT2D eigenvalue weighted by molar-refractivity contribution is 5.27. The molecule has 1 N–H and O–H groups in total. The minimum absolute atomic E-state index is 0.672. The van der Waals surface area contributed by atoms with E-state index in [9.17, 15) is 0 Å². The summed E-state index contributed by atoms with van der Waals surface area (Å²) in [7, 11) is 1.70. The maximum absolute atomic E-state index is 5.19. The summed E-state index contributed by atoms with van der Waals surface area (Å²) >= 11 is 0. The van der Waals surface area contributed by atoms with Gasteiger partial charge in [-0.05, 0) is 48.2 Å². The van der Waals surface area contributed by atoms with Gasteiger partial charge >= 0.3 is 0 Å². The first-order valence-electron chi connectivity index (χ1n) is 8.63. The average molecular weight is 310 g/mol. The first kappa shape index (κ1) is 16.0. The van der Waals surface area contributed by atoms with Crippen molar-refractivity contribution < 1.29 is 4.74 Å². The lowest BCUT2D eigenvalue weighted by atomic mass is 9.86. The zero-order valence-corrected chi connectivity index (χ0v) is 13.9. The molecule has 3 rings (SSSR count). The van der Waals surface area contributed by atoms with Crippen molar-refractivity contribution in [2.45, 2.75) is 51.1 Å². The van der Waals surface area contributed by atoms with Gasteiger partial charge < -0.3 is 10.1 Å². The molecule has 0 saturated heterocycles. The summed E-state index contributed by atoms with van der Waals surface area (Å²) in [6.45, 7) is 1.75. The zero-order valence-electron chi connectivity index (χ0n) is 13.9. The molecule has 0 aliphatic heterocycles. The molecule has 122 valence electrons. The first-order valence-corrected chi connectivity index (χ1v) is 8.63. The molecule has 1 saturated carbocycles. The number of rotatable bonds is 6. The van der Waals surface area contributed by atoms with E-state index in [1.807, 2.05) is 18.3 Å². The van der Waals surface area contributed by atoms with Crippen molar-refractivity contribution in [1.29, 1.82) is 0 Å². The van der Waals surface area contributed by atoms with E-state index in [4.69, 9.17) is 4.74 Å². The van der Waals surface area contributed by atoms with Gasteiger partial charge in [0.2, 0.25) is 0 Å². The van der Waals surface area contributed by atoms with Crippen LogP contribution in [0.2, 0.25) is 0 Å². The molecule has 1 aromatic carbocycles. The summed E-state index contributed by atoms with van der Waals surface area (Å²) in [4.78, 5) is 4.61. The van der Waals surface area contributed by atoms with Gasteiger partial charge in [-0.15, -0.1) is 0 Å². The predicted molar refractivity (Wildman–Crippen MR) is 93.6 cm³/mol. The molecule has 0 spiro atoms. The Morgan fingerprint density at radius 3 is 2.48 bits per heavy atom. The Hall–Kier alpha value is -1.87. The Morgan fingerprint density at radius 2 is 1.74 bits per heavy atom. The van der Waals surface area contributed by atoms with Crippen LogP contribution in [0.5, 0.6) is 5.75 Å². The number of methoxy groups -OCH3 is 1. The summed E-state index contributed by atoms with van der Waals surface area (Å²) in [5.74, 6) is 1.57. The number of nitrogens with zero attached hydrogens (tertiary/aromatic N) is 1. The second-order valence-corrected chi connectivity index (χ2v) is 6.38. The monoisotopic (exact) mass is 310 g/mol. The number of hydrogen-bond donors (Lipinski definition) is 1. The second-order valence-electron chi connectivity index (χ2n) is 6.38. The van der Waals surface area contributed by atoms with Crippen molar-refractivity contribution in [1.82, 2.24) is 10.3 Å². The molecule has 1 aromatic heterocycles. The van der Waals surface area contributed by atoms with E-state index >= 15 is 0 Å². The highest BCUT2D eigenvalue weighted by Crippen LogP contribution is 2.31. The van der Waals surface area contributed by atoms with E-state index < -0.39 is 0 Å². The summed E-state index contributed by atoms with van der Waals surface area (Å²) in [5.41, 5.74) is 3.88. The third-order valence-corrected chi connectivity index (χ3v) is 4.69. The third kappa shape index (κ3) is 4.55. The van der Waals surface area contributed by atoms with Gasteiger partial charge in [-0.3, -0.25) is 4.98 Å². The maximum atomic E-state index is 5.19. The molecular weight excluding hydrogens is 284 g/mol. The van der Waals surface area contributed by atoms with Crippen molar-refractivity contribution in [2.75, 3.05) is 7.11 Å². The van der Waals surface area contributed by atoms with Gasteiger partial charge in [0.25, 0.3) is 0 Å². The third-order valence-electron chi connectivity index (χ3n) is 4.69. The van der Waals surface area contributed by atoms with E-state index in [1.165, 1.54) is 48.9 Å². The maximum Gasteiger partial charge on any atom is 0.118 e. The molecule has 0 amide bonds. The van der Waals surface area contributed by atoms with Gasteiger partial charge in [0.05, 0.1) is 7.11 Å². The van der Waals surface area contributed by atoms with Gasteiger partial charge in [-0.2, -0.15) is 0 Å². The van der Waals surface area contributed by atoms with E-state index in [0.29, 0.717) is 5.92 Å². The minimum atomic E-state index is 0.672. The van der Waals surface area contributed by atoms with Gasteiger partial charge in [0.15, 0.2) is 0 Å². The lowest BCUT2D eigenvalue weighted by Crippen LogP contribution is -2.13. The number of nitrogens with one attached hydrogen (secondary N) is 1. The van der Waals surface area contributed by atoms with Crippen LogP contribution in [0.4, 0.5) is 0 Å². The fourth-order valence-electron chi connectivity index (χ4n) is 3.32. The largest absolute Gasteiger partial charge is 0.497 e. The highest BCUT2D eigenvalue weighted by atomic mass is 16.5. The van der Waals surface area contributed by atoms with Crippen LogP contribution in [-0.4, -0.2) is 12.1 Å². The Morgan fingerprint density at radius 1 is 1.00 bits per heavy atom. The van der Waals surface area contributed by atoms with E-state index in [-0.39, 0.29) is 0 Å². The second kappa shape index (κ2) is 8.11. The number of aromatic nitrogens is 1. The van der Waals surface area contributed by atoms with Crippen LogP contribution in [0.1, 0.15) is 54.8 Å². The molecule has 1 fully saturated rings. The molecule has 3 nitrogen and oxygen atoms in total. The van der Waals surface area contributed by atoms with Crippen LogP contribution in [0, 0.1) is 0 Å². The number of pyridine rings is 1.